The lowest BCUT2D eigenvalue weighted by Gasteiger charge is -2.36. The Hall–Kier alpha value is -3.75. The van der Waals surface area contributed by atoms with Gasteiger partial charge < -0.3 is 29.7 Å². The van der Waals surface area contributed by atoms with E-state index in [1.807, 2.05) is 0 Å². The predicted octanol–water partition coefficient (Wildman–Crippen LogP) is 3.42. The lowest BCUT2D eigenvalue weighted by atomic mass is 9.88. The molecule has 2 N–H and O–H groups in total. The Morgan fingerprint density at radius 3 is 1.95 bits per heavy atom. The van der Waals surface area contributed by atoms with E-state index in [1.54, 1.807) is 68.7 Å². The summed E-state index contributed by atoms with van der Waals surface area (Å²) in [6.07, 6.45) is 5.06. The summed E-state index contributed by atoms with van der Waals surface area (Å²) in [6.45, 7) is 0.936. The van der Waals surface area contributed by atoms with E-state index in [2.05, 4.69) is 10.6 Å². The Bertz CT molecular complexity index is 1110. The molecule has 0 bridgehead atoms. The van der Waals surface area contributed by atoms with Crippen LogP contribution in [0.15, 0.2) is 42.5 Å². The van der Waals surface area contributed by atoms with E-state index in [1.165, 1.54) is 0 Å². The number of benzene rings is 2. The molecular weight excluding hydrogens is 486 g/mol. The van der Waals surface area contributed by atoms with Crippen LogP contribution in [0.3, 0.4) is 0 Å². The van der Waals surface area contributed by atoms with Gasteiger partial charge in [-0.3, -0.25) is 14.4 Å². The molecule has 0 aromatic heterocycles. The Balaban J connectivity index is 1.38. The molecule has 0 spiro atoms. The van der Waals surface area contributed by atoms with Crippen LogP contribution in [0.25, 0.3) is 0 Å². The Kier molecular flexibility index (Phi) is 9.10. The molecule has 4 rings (SSSR count). The number of amides is 3. The van der Waals surface area contributed by atoms with Crippen LogP contribution in [-0.2, 0) is 4.79 Å². The Morgan fingerprint density at radius 1 is 0.737 bits per heavy atom. The van der Waals surface area contributed by atoms with E-state index in [9.17, 15) is 14.4 Å². The standard InChI is InChI=1S/C29H37N3O6/c1-36-22-12-10-19(11-13-22)27(33)30-25-8-4-5-9-26(25)31-28(34)20-7-6-14-32(18-20)29(35)21-15-23(37-2)17-24(16-21)38-3/h10-13,15-17,20,25-26H,4-9,14,18H2,1-3H3,(H,30,33)(H,31,34)/t20-,25+,26+/m0/s1. The normalized spacial score (nSPS) is 21.2. The summed E-state index contributed by atoms with van der Waals surface area (Å²) in [5.41, 5.74) is 1.02. The average Bonchev–Trinajstić information content (AvgIpc) is 2.97. The Labute approximate surface area is 223 Å². The Morgan fingerprint density at radius 2 is 1.34 bits per heavy atom. The molecule has 1 saturated heterocycles. The van der Waals surface area contributed by atoms with E-state index in [0.717, 1.165) is 32.1 Å². The van der Waals surface area contributed by atoms with Crippen molar-refractivity contribution in [2.75, 3.05) is 34.4 Å². The summed E-state index contributed by atoms with van der Waals surface area (Å²) in [5.74, 6) is 1.08. The molecule has 2 aromatic rings. The fourth-order valence-electron chi connectivity index (χ4n) is 5.26. The zero-order chi connectivity index (χ0) is 27.1. The van der Waals surface area contributed by atoms with Gasteiger partial charge in [0, 0.05) is 42.4 Å². The molecule has 2 aliphatic rings. The summed E-state index contributed by atoms with van der Waals surface area (Å²) in [6, 6.07) is 11.8. The number of hydrogen-bond donors (Lipinski definition) is 2. The van der Waals surface area contributed by atoms with Gasteiger partial charge in [0.05, 0.1) is 27.2 Å². The summed E-state index contributed by atoms with van der Waals surface area (Å²) in [7, 11) is 4.67. The molecule has 9 heteroatoms. The van der Waals surface area contributed by atoms with Crippen molar-refractivity contribution in [1.29, 1.82) is 0 Å². The van der Waals surface area contributed by atoms with Crippen molar-refractivity contribution < 1.29 is 28.6 Å². The number of likely N-dealkylation sites (tertiary alicyclic amines) is 1. The fourth-order valence-corrected chi connectivity index (χ4v) is 5.26. The van der Waals surface area contributed by atoms with Crippen LogP contribution in [-0.4, -0.2) is 69.1 Å². The lowest BCUT2D eigenvalue weighted by molar-refractivity contribution is -0.127. The lowest BCUT2D eigenvalue weighted by Crippen LogP contribution is -2.55. The highest BCUT2D eigenvalue weighted by Crippen LogP contribution is 2.26. The van der Waals surface area contributed by atoms with Gasteiger partial charge in [0.25, 0.3) is 11.8 Å². The topological polar surface area (TPSA) is 106 Å². The zero-order valence-corrected chi connectivity index (χ0v) is 22.3. The number of nitrogens with zero attached hydrogens (tertiary/aromatic N) is 1. The average molecular weight is 524 g/mol. The number of carbonyl (C=O) groups is 3. The molecule has 2 aromatic carbocycles. The first-order valence-corrected chi connectivity index (χ1v) is 13.2. The van der Waals surface area contributed by atoms with E-state index in [0.29, 0.717) is 47.9 Å². The fraction of sp³-hybridized carbons (Fsp3) is 0.483. The van der Waals surface area contributed by atoms with E-state index >= 15 is 0 Å². The van der Waals surface area contributed by atoms with Crippen LogP contribution < -0.4 is 24.8 Å². The van der Waals surface area contributed by atoms with Gasteiger partial charge in [0.1, 0.15) is 17.2 Å². The van der Waals surface area contributed by atoms with Gasteiger partial charge in [0.15, 0.2) is 0 Å². The molecule has 2 fully saturated rings. The van der Waals surface area contributed by atoms with Crippen molar-refractivity contribution in [3.63, 3.8) is 0 Å². The number of hydrogen-bond acceptors (Lipinski definition) is 6. The van der Waals surface area contributed by atoms with Crippen molar-refractivity contribution in [3.8, 4) is 17.2 Å². The third-order valence-corrected chi connectivity index (χ3v) is 7.44. The zero-order valence-electron chi connectivity index (χ0n) is 22.3. The minimum atomic E-state index is -0.305. The molecule has 0 unspecified atom stereocenters. The van der Waals surface area contributed by atoms with Crippen molar-refractivity contribution in [2.45, 2.75) is 50.6 Å². The van der Waals surface area contributed by atoms with Crippen LogP contribution in [0.5, 0.6) is 17.2 Å². The molecule has 9 nitrogen and oxygen atoms in total. The summed E-state index contributed by atoms with van der Waals surface area (Å²) < 4.78 is 15.8. The second kappa shape index (κ2) is 12.7. The second-order valence-corrected chi connectivity index (χ2v) is 9.90. The van der Waals surface area contributed by atoms with Gasteiger partial charge in [-0.1, -0.05) is 12.8 Å². The van der Waals surface area contributed by atoms with Crippen LogP contribution >= 0.6 is 0 Å². The molecule has 0 radical (unpaired) electrons. The van der Waals surface area contributed by atoms with E-state index in [4.69, 9.17) is 14.2 Å². The van der Waals surface area contributed by atoms with Crippen LogP contribution in [0.1, 0.15) is 59.2 Å². The maximum absolute atomic E-state index is 13.3. The maximum atomic E-state index is 13.3. The molecule has 1 heterocycles. The predicted molar refractivity (Wildman–Crippen MR) is 143 cm³/mol. The highest BCUT2D eigenvalue weighted by Gasteiger charge is 2.33. The van der Waals surface area contributed by atoms with Crippen molar-refractivity contribution in [1.82, 2.24) is 15.5 Å². The molecule has 1 saturated carbocycles. The molecule has 1 aliphatic carbocycles. The number of carbonyl (C=O) groups excluding carboxylic acids is 3. The minimum Gasteiger partial charge on any atom is -0.497 e. The minimum absolute atomic E-state index is 0.0682. The largest absolute Gasteiger partial charge is 0.497 e. The third-order valence-electron chi connectivity index (χ3n) is 7.44. The number of piperidine rings is 1. The summed E-state index contributed by atoms with van der Waals surface area (Å²) in [5, 5.41) is 6.32. The number of rotatable bonds is 8. The highest BCUT2D eigenvalue weighted by molar-refractivity contribution is 5.96. The second-order valence-electron chi connectivity index (χ2n) is 9.90. The van der Waals surface area contributed by atoms with E-state index in [-0.39, 0.29) is 35.7 Å². The molecular formula is C29H37N3O6. The van der Waals surface area contributed by atoms with Gasteiger partial charge in [0.2, 0.25) is 5.91 Å². The van der Waals surface area contributed by atoms with Gasteiger partial charge in [-0.25, -0.2) is 0 Å². The molecule has 3 amide bonds. The summed E-state index contributed by atoms with van der Waals surface area (Å²) >= 11 is 0. The van der Waals surface area contributed by atoms with Gasteiger partial charge in [-0.05, 0) is 62.1 Å². The SMILES string of the molecule is COc1ccc(C(=O)N[C@@H]2CCCC[C@H]2NC(=O)[C@H]2CCCN(C(=O)c3cc(OC)cc(OC)c3)C2)cc1. The molecule has 3 atom stereocenters. The van der Waals surface area contributed by atoms with Gasteiger partial charge in [-0.15, -0.1) is 0 Å². The first kappa shape index (κ1) is 27.3. The van der Waals surface area contributed by atoms with Gasteiger partial charge >= 0.3 is 0 Å². The van der Waals surface area contributed by atoms with Crippen molar-refractivity contribution >= 4 is 17.7 Å². The van der Waals surface area contributed by atoms with Crippen molar-refractivity contribution in [3.05, 3.63) is 53.6 Å². The quantitative estimate of drug-likeness (QED) is 0.549. The first-order valence-electron chi connectivity index (χ1n) is 13.2. The first-order chi connectivity index (χ1) is 18.4. The maximum Gasteiger partial charge on any atom is 0.254 e. The molecule has 1 aliphatic heterocycles. The highest BCUT2D eigenvalue weighted by atomic mass is 16.5. The number of nitrogens with one attached hydrogen (secondary N) is 2. The van der Waals surface area contributed by atoms with Crippen LogP contribution in [0, 0.1) is 5.92 Å². The van der Waals surface area contributed by atoms with E-state index < -0.39 is 0 Å². The smallest absolute Gasteiger partial charge is 0.254 e. The molecule has 204 valence electrons. The summed E-state index contributed by atoms with van der Waals surface area (Å²) in [4.78, 5) is 41.2. The third kappa shape index (κ3) is 6.57. The van der Waals surface area contributed by atoms with Crippen LogP contribution in [0.4, 0.5) is 0 Å². The van der Waals surface area contributed by atoms with Gasteiger partial charge in [-0.2, -0.15) is 0 Å². The van der Waals surface area contributed by atoms with Crippen molar-refractivity contribution in [2.24, 2.45) is 5.92 Å². The van der Waals surface area contributed by atoms with Crippen LogP contribution in [0.2, 0.25) is 0 Å². The number of ether oxygens (including phenoxy) is 3. The monoisotopic (exact) mass is 523 g/mol. The molecule has 38 heavy (non-hydrogen) atoms. The number of methoxy groups -OCH3 is 3.